The molecule has 1 aromatic rings. The predicted molar refractivity (Wildman–Crippen MR) is 80.4 cm³/mol. The number of ether oxygens (including phenoxy) is 1. The number of carboxylic acid groups (broad SMARTS) is 1. The summed E-state index contributed by atoms with van der Waals surface area (Å²) in [5.41, 5.74) is 0.929. The van der Waals surface area contributed by atoms with Crippen LogP contribution in [0.4, 0.5) is 0 Å². The molecule has 0 bridgehead atoms. The van der Waals surface area contributed by atoms with Crippen LogP contribution in [0.15, 0.2) is 18.2 Å². The summed E-state index contributed by atoms with van der Waals surface area (Å²) in [6.07, 6.45) is 0.126. The van der Waals surface area contributed by atoms with E-state index >= 15 is 0 Å². The van der Waals surface area contributed by atoms with Gasteiger partial charge in [0.05, 0.1) is 18.6 Å². The molecule has 5 heteroatoms. The molecule has 0 aliphatic rings. The Morgan fingerprint density at radius 2 is 2.05 bits per heavy atom. The minimum Gasteiger partial charge on any atom is -0.495 e. The first-order valence-electron chi connectivity index (χ1n) is 6.53. The van der Waals surface area contributed by atoms with E-state index in [0.29, 0.717) is 23.9 Å². The monoisotopic (exact) mass is 299 g/mol. The van der Waals surface area contributed by atoms with Crippen LogP contribution in [0.5, 0.6) is 5.75 Å². The zero-order chi connectivity index (χ0) is 15.3. The Labute approximate surface area is 125 Å². The van der Waals surface area contributed by atoms with Gasteiger partial charge in [-0.25, -0.2) is 0 Å². The molecule has 0 aliphatic carbocycles. The second-order valence-electron chi connectivity index (χ2n) is 5.71. The molecule has 1 N–H and O–H groups in total. The number of halogens is 1. The van der Waals surface area contributed by atoms with E-state index < -0.39 is 5.97 Å². The predicted octanol–water partition coefficient (Wildman–Crippen LogP) is 3.42. The van der Waals surface area contributed by atoms with E-state index in [4.69, 9.17) is 21.4 Å². The van der Waals surface area contributed by atoms with Gasteiger partial charge in [-0.15, -0.1) is 0 Å². The Kier molecular flexibility index (Phi) is 5.84. The van der Waals surface area contributed by atoms with Crippen LogP contribution in [0.25, 0.3) is 0 Å². The quantitative estimate of drug-likeness (QED) is 0.874. The lowest BCUT2D eigenvalue weighted by molar-refractivity contribution is -0.137. The molecule has 0 saturated heterocycles. The number of carbonyl (C=O) groups is 1. The average molecular weight is 300 g/mol. The van der Waals surface area contributed by atoms with Gasteiger partial charge >= 0.3 is 5.97 Å². The maximum atomic E-state index is 10.8. The number of aliphatic carboxylic acids is 1. The molecular weight excluding hydrogens is 278 g/mol. The van der Waals surface area contributed by atoms with Gasteiger partial charge in [0.1, 0.15) is 5.75 Å². The maximum absolute atomic E-state index is 10.8. The highest BCUT2D eigenvalue weighted by atomic mass is 35.5. The second kappa shape index (κ2) is 6.95. The van der Waals surface area contributed by atoms with Crippen molar-refractivity contribution in [3.63, 3.8) is 0 Å². The molecule has 0 spiro atoms. The van der Waals surface area contributed by atoms with E-state index in [2.05, 4.69) is 25.7 Å². The minimum absolute atomic E-state index is 0.109. The van der Waals surface area contributed by atoms with Crippen molar-refractivity contribution in [1.29, 1.82) is 0 Å². The third-order valence-electron chi connectivity index (χ3n) is 3.13. The van der Waals surface area contributed by atoms with Gasteiger partial charge in [-0.1, -0.05) is 17.7 Å². The van der Waals surface area contributed by atoms with Gasteiger partial charge in [-0.2, -0.15) is 0 Å². The first-order valence-corrected chi connectivity index (χ1v) is 6.91. The Morgan fingerprint density at radius 1 is 1.40 bits per heavy atom. The summed E-state index contributed by atoms with van der Waals surface area (Å²) in [5, 5.41) is 9.41. The molecule has 0 radical (unpaired) electrons. The Morgan fingerprint density at radius 3 is 2.50 bits per heavy atom. The summed E-state index contributed by atoms with van der Waals surface area (Å²) < 4.78 is 5.13. The number of benzene rings is 1. The number of hydrogen-bond acceptors (Lipinski definition) is 3. The molecule has 0 amide bonds. The van der Waals surface area contributed by atoms with Gasteiger partial charge in [0, 0.05) is 18.6 Å². The lowest BCUT2D eigenvalue weighted by Gasteiger charge is -2.35. The summed E-state index contributed by atoms with van der Waals surface area (Å²) in [7, 11) is 1.58. The fourth-order valence-corrected chi connectivity index (χ4v) is 2.19. The van der Waals surface area contributed by atoms with E-state index in [9.17, 15) is 4.79 Å². The van der Waals surface area contributed by atoms with Crippen LogP contribution in [0.2, 0.25) is 5.02 Å². The Bertz CT molecular complexity index is 469. The molecule has 0 atom stereocenters. The van der Waals surface area contributed by atoms with Crippen molar-refractivity contribution in [3.05, 3.63) is 28.8 Å². The zero-order valence-electron chi connectivity index (χ0n) is 12.4. The largest absolute Gasteiger partial charge is 0.495 e. The van der Waals surface area contributed by atoms with Crippen molar-refractivity contribution in [2.24, 2.45) is 0 Å². The molecule has 20 heavy (non-hydrogen) atoms. The summed E-state index contributed by atoms with van der Waals surface area (Å²) in [5.74, 6) is -0.143. The van der Waals surface area contributed by atoms with Crippen LogP contribution in [-0.4, -0.2) is 35.2 Å². The van der Waals surface area contributed by atoms with Crippen LogP contribution in [0.1, 0.15) is 32.8 Å². The topological polar surface area (TPSA) is 49.8 Å². The summed E-state index contributed by atoms with van der Waals surface area (Å²) in [6.45, 7) is 7.36. The first kappa shape index (κ1) is 16.8. The van der Waals surface area contributed by atoms with E-state index in [1.54, 1.807) is 7.11 Å². The van der Waals surface area contributed by atoms with Crippen LogP contribution in [0, 0.1) is 0 Å². The molecule has 0 unspecified atom stereocenters. The normalized spacial score (nSPS) is 11.7. The molecule has 0 fully saturated rings. The molecule has 0 heterocycles. The fourth-order valence-electron chi connectivity index (χ4n) is 1.91. The van der Waals surface area contributed by atoms with Crippen molar-refractivity contribution in [2.75, 3.05) is 13.7 Å². The lowest BCUT2D eigenvalue weighted by atomic mass is 10.0. The lowest BCUT2D eigenvalue weighted by Crippen LogP contribution is -2.42. The van der Waals surface area contributed by atoms with Crippen LogP contribution < -0.4 is 4.74 Å². The summed E-state index contributed by atoms with van der Waals surface area (Å²) >= 11 is 6.12. The van der Waals surface area contributed by atoms with Gasteiger partial charge in [0.2, 0.25) is 0 Å². The van der Waals surface area contributed by atoms with E-state index in [1.807, 2.05) is 18.2 Å². The molecule has 1 rings (SSSR count). The second-order valence-corrected chi connectivity index (χ2v) is 6.11. The summed E-state index contributed by atoms with van der Waals surface area (Å²) in [6, 6.07) is 5.64. The maximum Gasteiger partial charge on any atom is 0.304 e. The number of methoxy groups -OCH3 is 1. The molecular formula is C15H22ClNO3. The van der Waals surface area contributed by atoms with Crippen molar-refractivity contribution in [1.82, 2.24) is 4.90 Å². The molecule has 0 aromatic heterocycles. The SMILES string of the molecule is COc1ccc(CN(CCC(=O)O)C(C)(C)C)cc1Cl. The smallest absolute Gasteiger partial charge is 0.304 e. The highest BCUT2D eigenvalue weighted by Gasteiger charge is 2.22. The summed E-state index contributed by atoms with van der Waals surface area (Å²) in [4.78, 5) is 12.9. The molecule has 0 aliphatic heterocycles. The van der Waals surface area contributed by atoms with Gasteiger partial charge in [-0.3, -0.25) is 9.69 Å². The minimum atomic E-state index is -0.785. The molecule has 112 valence electrons. The first-order chi connectivity index (χ1) is 9.24. The van der Waals surface area contributed by atoms with Crippen molar-refractivity contribution in [2.45, 2.75) is 39.3 Å². The van der Waals surface area contributed by atoms with Crippen molar-refractivity contribution >= 4 is 17.6 Å². The standard InChI is InChI=1S/C15H22ClNO3/c1-15(2,3)17(8-7-14(18)19)10-11-5-6-13(20-4)12(16)9-11/h5-6,9H,7-8,10H2,1-4H3,(H,18,19). The van der Waals surface area contributed by atoms with E-state index in [0.717, 1.165) is 5.56 Å². The number of carboxylic acids is 1. The van der Waals surface area contributed by atoms with Gasteiger partial charge in [0.25, 0.3) is 0 Å². The zero-order valence-corrected chi connectivity index (χ0v) is 13.2. The van der Waals surface area contributed by atoms with Gasteiger partial charge in [-0.05, 0) is 38.5 Å². The number of rotatable bonds is 6. The fraction of sp³-hybridized carbons (Fsp3) is 0.533. The van der Waals surface area contributed by atoms with E-state index in [1.165, 1.54) is 0 Å². The Hall–Kier alpha value is -1.26. The van der Waals surface area contributed by atoms with Crippen molar-refractivity contribution in [3.8, 4) is 5.75 Å². The third kappa shape index (κ3) is 5.02. The van der Waals surface area contributed by atoms with Gasteiger partial charge in [0.15, 0.2) is 0 Å². The Balaban J connectivity index is 2.84. The van der Waals surface area contributed by atoms with Crippen LogP contribution in [-0.2, 0) is 11.3 Å². The van der Waals surface area contributed by atoms with Crippen LogP contribution >= 0.6 is 11.6 Å². The van der Waals surface area contributed by atoms with Crippen LogP contribution in [0.3, 0.4) is 0 Å². The molecule has 1 aromatic carbocycles. The molecule has 4 nitrogen and oxygen atoms in total. The van der Waals surface area contributed by atoms with Crippen molar-refractivity contribution < 1.29 is 14.6 Å². The van der Waals surface area contributed by atoms with E-state index in [-0.39, 0.29) is 12.0 Å². The highest BCUT2D eigenvalue weighted by Crippen LogP contribution is 2.26. The third-order valence-corrected chi connectivity index (χ3v) is 3.43. The molecule has 0 saturated carbocycles. The number of nitrogens with zero attached hydrogens (tertiary/aromatic N) is 1. The highest BCUT2D eigenvalue weighted by molar-refractivity contribution is 6.32. The van der Waals surface area contributed by atoms with Gasteiger partial charge < -0.3 is 9.84 Å². The average Bonchev–Trinajstić information content (AvgIpc) is 2.33. The number of hydrogen-bond donors (Lipinski definition) is 1.